The molecule has 1 N–H and O–H groups in total. The zero-order chi connectivity index (χ0) is 12.8. The minimum atomic E-state index is -0.453. The molecule has 2 aromatic carbocycles. The Labute approximate surface area is 108 Å². The van der Waals surface area contributed by atoms with Crippen LogP contribution in [0, 0.1) is 5.92 Å². The smallest absolute Gasteiger partial charge is 0.0850 e. The molecule has 0 fully saturated rings. The highest BCUT2D eigenvalue weighted by atomic mass is 16.3. The molecule has 2 atom stereocenters. The van der Waals surface area contributed by atoms with Crippen LogP contribution in [-0.4, -0.2) is 5.11 Å². The molecule has 0 aromatic heterocycles. The second kappa shape index (κ2) is 6.18. The van der Waals surface area contributed by atoms with E-state index in [1.807, 2.05) is 61.5 Å². The summed E-state index contributed by atoms with van der Waals surface area (Å²) in [6.07, 6.45) is 3.65. The SMILES string of the molecule is CC(/C=C/c1ccccc1)C(O)c1ccccc1. The van der Waals surface area contributed by atoms with E-state index in [2.05, 4.69) is 18.2 Å². The van der Waals surface area contributed by atoms with Crippen molar-refractivity contribution in [2.45, 2.75) is 13.0 Å². The van der Waals surface area contributed by atoms with Crippen LogP contribution >= 0.6 is 0 Å². The summed E-state index contributed by atoms with van der Waals surface area (Å²) in [5.41, 5.74) is 2.12. The monoisotopic (exact) mass is 238 g/mol. The maximum absolute atomic E-state index is 10.2. The first-order chi connectivity index (χ1) is 8.77. The van der Waals surface area contributed by atoms with Gasteiger partial charge in [0.05, 0.1) is 6.10 Å². The second-order valence-electron chi connectivity index (χ2n) is 4.48. The molecule has 0 amide bonds. The molecule has 0 heterocycles. The summed E-state index contributed by atoms with van der Waals surface area (Å²) in [6.45, 7) is 2.02. The van der Waals surface area contributed by atoms with Crippen molar-refractivity contribution in [1.29, 1.82) is 0 Å². The van der Waals surface area contributed by atoms with E-state index >= 15 is 0 Å². The van der Waals surface area contributed by atoms with Crippen LogP contribution in [0.25, 0.3) is 6.08 Å². The molecule has 0 bridgehead atoms. The molecule has 18 heavy (non-hydrogen) atoms. The Morgan fingerprint density at radius 1 is 0.889 bits per heavy atom. The Morgan fingerprint density at radius 3 is 2.06 bits per heavy atom. The molecule has 0 spiro atoms. The van der Waals surface area contributed by atoms with Crippen LogP contribution in [0.3, 0.4) is 0 Å². The third-order valence-electron chi connectivity index (χ3n) is 3.03. The second-order valence-corrected chi connectivity index (χ2v) is 4.48. The average Bonchev–Trinajstić information content (AvgIpc) is 2.46. The van der Waals surface area contributed by atoms with E-state index in [1.54, 1.807) is 0 Å². The van der Waals surface area contributed by atoms with Crippen molar-refractivity contribution in [2.24, 2.45) is 5.92 Å². The Balaban J connectivity index is 2.04. The van der Waals surface area contributed by atoms with E-state index in [0.717, 1.165) is 11.1 Å². The maximum Gasteiger partial charge on any atom is 0.0850 e. The van der Waals surface area contributed by atoms with Gasteiger partial charge in [0.1, 0.15) is 0 Å². The molecule has 1 nitrogen and oxygen atoms in total. The van der Waals surface area contributed by atoms with Crippen molar-refractivity contribution in [1.82, 2.24) is 0 Å². The topological polar surface area (TPSA) is 20.2 Å². The van der Waals surface area contributed by atoms with E-state index in [0.29, 0.717) is 0 Å². The zero-order valence-corrected chi connectivity index (χ0v) is 10.5. The summed E-state index contributed by atoms with van der Waals surface area (Å²) >= 11 is 0. The van der Waals surface area contributed by atoms with Crippen molar-refractivity contribution in [3.05, 3.63) is 77.9 Å². The average molecular weight is 238 g/mol. The molecule has 0 radical (unpaired) electrons. The van der Waals surface area contributed by atoms with Gasteiger partial charge >= 0.3 is 0 Å². The highest BCUT2D eigenvalue weighted by Crippen LogP contribution is 2.23. The largest absolute Gasteiger partial charge is 0.388 e. The Bertz CT molecular complexity index is 488. The first kappa shape index (κ1) is 12.6. The number of benzene rings is 2. The van der Waals surface area contributed by atoms with Crippen molar-refractivity contribution in [3.8, 4) is 0 Å². The Morgan fingerprint density at radius 2 is 1.44 bits per heavy atom. The maximum atomic E-state index is 10.2. The van der Waals surface area contributed by atoms with Crippen molar-refractivity contribution < 1.29 is 5.11 Å². The predicted octanol–water partition coefficient (Wildman–Crippen LogP) is 4.07. The van der Waals surface area contributed by atoms with Gasteiger partial charge in [0, 0.05) is 5.92 Å². The molecule has 2 rings (SSSR count). The number of hydrogen-bond donors (Lipinski definition) is 1. The third kappa shape index (κ3) is 3.31. The molecule has 0 aliphatic rings. The van der Waals surface area contributed by atoms with Gasteiger partial charge in [0.25, 0.3) is 0 Å². The van der Waals surface area contributed by atoms with Gasteiger partial charge in [-0.3, -0.25) is 0 Å². The van der Waals surface area contributed by atoms with Gasteiger partial charge in [-0.25, -0.2) is 0 Å². The molecular weight excluding hydrogens is 220 g/mol. The molecule has 0 saturated carbocycles. The summed E-state index contributed by atoms with van der Waals surface area (Å²) < 4.78 is 0. The van der Waals surface area contributed by atoms with Crippen molar-refractivity contribution >= 4 is 6.08 Å². The van der Waals surface area contributed by atoms with Gasteiger partial charge in [-0.05, 0) is 11.1 Å². The molecule has 0 saturated heterocycles. The molecule has 2 unspecified atom stereocenters. The lowest BCUT2D eigenvalue weighted by Gasteiger charge is -2.15. The number of aliphatic hydroxyl groups excluding tert-OH is 1. The van der Waals surface area contributed by atoms with E-state index in [9.17, 15) is 5.11 Å². The van der Waals surface area contributed by atoms with E-state index in [4.69, 9.17) is 0 Å². The number of hydrogen-bond acceptors (Lipinski definition) is 1. The van der Waals surface area contributed by atoms with Crippen LogP contribution in [0.2, 0.25) is 0 Å². The lowest BCUT2D eigenvalue weighted by molar-refractivity contribution is 0.140. The van der Waals surface area contributed by atoms with Crippen LogP contribution in [0.15, 0.2) is 66.7 Å². The Kier molecular flexibility index (Phi) is 4.32. The molecule has 2 aromatic rings. The number of aliphatic hydroxyl groups is 1. The van der Waals surface area contributed by atoms with E-state index in [-0.39, 0.29) is 5.92 Å². The highest BCUT2D eigenvalue weighted by Gasteiger charge is 2.12. The fourth-order valence-electron chi connectivity index (χ4n) is 1.89. The predicted molar refractivity (Wildman–Crippen MR) is 76.0 cm³/mol. The standard InChI is InChI=1S/C17H18O/c1-14(12-13-15-8-4-2-5-9-15)17(18)16-10-6-3-7-11-16/h2-14,17-18H,1H3/b13-12+. The summed E-state index contributed by atoms with van der Waals surface area (Å²) in [7, 11) is 0. The van der Waals surface area contributed by atoms with Crippen LogP contribution in [0.5, 0.6) is 0 Å². The Hall–Kier alpha value is -1.86. The van der Waals surface area contributed by atoms with E-state index < -0.39 is 6.10 Å². The van der Waals surface area contributed by atoms with Gasteiger partial charge in [-0.1, -0.05) is 79.7 Å². The van der Waals surface area contributed by atoms with Gasteiger partial charge in [-0.2, -0.15) is 0 Å². The lowest BCUT2D eigenvalue weighted by Crippen LogP contribution is -2.06. The number of rotatable bonds is 4. The zero-order valence-electron chi connectivity index (χ0n) is 10.5. The van der Waals surface area contributed by atoms with Gasteiger partial charge in [0.2, 0.25) is 0 Å². The highest BCUT2D eigenvalue weighted by molar-refractivity contribution is 5.49. The first-order valence-electron chi connectivity index (χ1n) is 6.23. The molecule has 0 aliphatic carbocycles. The van der Waals surface area contributed by atoms with Crippen molar-refractivity contribution in [3.63, 3.8) is 0 Å². The van der Waals surface area contributed by atoms with Crippen LogP contribution in [0.1, 0.15) is 24.2 Å². The molecule has 92 valence electrons. The van der Waals surface area contributed by atoms with Crippen LogP contribution in [0.4, 0.5) is 0 Å². The quantitative estimate of drug-likeness (QED) is 0.851. The fourth-order valence-corrected chi connectivity index (χ4v) is 1.89. The van der Waals surface area contributed by atoms with Crippen LogP contribution in [-0.2, 0) is 0 Å². The minimum absolute atomic E-state index is 0.0904. The summed E-state index contributed by atoms with van der Waals surface area (Å²) in [4.78, 5) is 0. The fraction of sp³-hybridized carbons (Fsp3) is 0.176. The molecular formula is C17H18O. The summed E-state index contributed by atoms with van der Waals surface area (Å²) in [5, 5.41) is 10.2. The normalized spacial score (nSPS) is 14.6. The van der Waals surface area contributed by atoms with Gasteiger partial charge in [0.15, 0.2) is 0 Å². The minimum Gasteiger partial charge on any atom is -0.388 e. The van der Waals surface area contributed by atoms with Gasteiger partial charge in [-0.15, -0.1) is 0 Å². The van der Waals surface area contributed by atoms with Crippen LogP contribution < -0.4 is 0 Å². The summed E-state index contributed by atoms with van der Waals surface area (Å²) in [5.74, 6) is 0.0904. The third-order valence-corrected chi connectivity index (χ3v) is 3.03. The first-order valence-corrected chi connectivity index (χ1v) is 6.23. The molecule has 1 heteroatoms. The lowest BCUT2D eigenvalue weighted by atomic mass is 9.96. The van der Waals surface area contributed by atoms with Crippen molar-refractivity contribution in [2.75, 3.05) is 0 Å². The summed E-state index contributed by atoms with van der Waals surface area (Å²) in [6, 6.07) is 19.9. The molecule has 0 aliphatic heterocycles. The van der Waals surface area contributed by atoms with E-state index in [1.165, 1.54) is 0 Å². The van der Waals surface area contributed by atoms with Gasteiger partial charge < -0.3 is 5.11 Å².